The fourth-order valence-electron chi connectivity index (χ4n) is 2.79. The van der Waals surface area contributed by atoms with E-state index in [0.717, 1.165) is 24.8 Å². The first-order valence-corrected chi connectivity index (χ1v) is 7.41. The van der Waals surface area contributed by atoms with Gasteiger partial charge in [0, 0.05) is 12.3 Å². The van der Waals surface area contributed by atoms with E-state index in [0.29, 0.717) is 13.2 Å². The van der Waals surface area contributed by atoms with E-state index in [4.69, 9.17) is 9.47 Å². The van der Waals surface area contributed by atoms with Gasteiger partial charge in [-0.3, -0.25) is 4.79 Å². The maximum atomic E-state index is 11.7. The summed E-state index contributed by atoms with van der Waals surface area (Å²) in [5.41, 5.74) is 2.29. The highest BCUT2D eigenvalue weighted by Crippen LogP contribution is 2.26. The van der Waals surface area contributed by atoms with Crippen LogP contribution in [0.3, 0.4) is 0 Å². The van der Waals surface area contributed by atoms with Crippen LogP contribution < -0.4 is 0 Å². The summed E-state index contributed by atoms with van der Waals surface area (Å²) in [5, 5.41) is 0. The molecule has 1 aliphatic heterocycles. The maximum Gasteiger partial charge on any atom is 0.169 e. The van der Waals surface area contributed by atoms with Crippen molar-refractivity contribution in [3.8, 4) is 0 Å². The zero-order chi connectivity index (χ0) is 14.6. The fourth-order valence-corrected chi connectivity index (χ4v) is 2.79. The Morgan fingerprint density at radius 1 is 1.25 bits per heavy atom. The highest BCUT2D eigenvalue weighted by Gasteiger charge is 2.31. The van der Waals surface area contributed by atoms with Crippen molar-refractivity contribution < 1.29 is 14.3 Å². The van der Waals surface area contributed by atoms with Gasteiger partial charge in [0.15, 0.2) is 5.79 Å². The minimum absolute atomic E-state index is 0.0311. The molecule has 1 saturated heterocycles. The average molecular weight is 276 g/mol. The quantitative estimate of drug-likeness (QED) is 0.798. The lowest BCUT2D eigenvalue weighted by atomic mass is 9.90. The molecule has 0 aliphatic carbocycles. The van der Waals surface area contributed by atoms with E-state index in [1.54, 1.807) is 6.92 Å². The van der Waals surface area contributed by atoms with Crippen LogP contribution in [-0.2, 0) is 20.7 Å². The number of ether oxygens (including phenoxy) is 2. The Hall–Kier alpha value is -1.19. The summed E-state index contributed by atoms with van der Waals surface area (Å²) in [4.78, 5) is 11.7. The van der Waals surface area contributed by atoms with Crippen LogP contribution in [0.1, 0.15) is 50.7 Å². The lowest BCUT2D eigenvalue weighted by Crippen LogP contribution is -2.28. The molecule has 1 aromatic rings. The number of rotatable bonds is 6. The molecule has 1 fully saturated rings. The second-order valence-corrected chi connectivity index (χ2v) is 5.70. The van der Waals surface area contributed by atoms with Gasteiger partial charge in [-0.05, 0) is 31.4 Å². The van der Waals surface area contributed by atoms with Crippen molar-refractivity contribution in [2.24, 2.45) is 0 Å². The number of ketones is 1. The molecule has 0 spiro atoms. The zero-order valence-corrected chi connectivity index (χ0v) is 12.6. The monoisotopic (exact) mass is 276 g/mol. The van der Waals surface area contributed by atoms with Crippen LogP contribution in [0.25, 0.3) is 0 Å². The van der Waals surface area contributed by atoms with E-state index in [9.17, 15) is 4.79 Å². The summed E-state index contributed by atoms with van der Waals surface area (Å²) in [5.74, 6) is -0.220. The standard InChI is InChI=1S/C17H24O3/c1-4-5-16(13(2)18)15-8-6-14(7-9-15)12-17(3)19-10-11-20-17/h6-9,16H,4-5,10-12H2,1-3H3. The van der Waals surface area contributed by atoms with Crippen LogP contribution in [0.2, 0.25) is 0 Å². The van der Waals surface area contributed by atoms with Gasteiger partial charge in [-0.1, -0.05) is 37.6 Å². The summed E-state index contributed by atoms with van der Waals surface area (Å²) in [6.07, 6.45) is 2.68. The van der Waals surface area contributed by atoms with Gasteiger partial charge in [0.1, 0.15) is 5.78 Å². The summed E-state index contributed by atoms with van der Waals surface area (Å²) < 4.78 is 11.2. The predicted octanol–water partition coefficient (Wildman–Crippen LogP) is 3.46. The molecular weight excluding hydrogens is 252 g/mol. The first-order chi connectivity index (χ1) is 9.54. The van der Waals surface area contributed by atoms with E-state index in [1.165, 1.54) is 5.56 Å². The molecule has 0 aromatic heterocycles. The maximum absolute atomic E-state index is 11.7. The molecule has 0 bridgehead atoms. The van der Waals surface area contributed by atoms with Gasteiger partial charge in [0.05, 0.1) is 13.2 Å². The van der Waals surface area contributed by atoms with Crippen LogP contribution in [0.5, 0.6) is 0 Å². The lowest BCUT2D eigenvalue weighted by molar-refractivity contribution is -0.140. The molecule has 1 heterocycles. The van der Waals surface area contributed by atoms with E-state index in [-0.39, 0.29) is 11.7 Å². The Labute approximate surface area is 121 Å². The Kier molecular flexibility index (Phi) is 4.95. The minimum Gasteiger partial charge on any atom is -0.347 e. The number of hydrogen-bond acceptors (Lipinski definition) is 3. The van der Waals surface area contributed by atoms with E-state index >= 15 is 0 Å². The van der Waals surface area contributed by atoms with Gasteiger partial charge < -0.3 is 9.47 Å². The second kappa shape index (κ2) is 6.51. The van der Waals surface area contributed by atoms with E-state index in [2.05, 4.69) is 31.2 Å². The molecular formula is C17H24O3. The van der Waals surface area contributed by atoms with Gasteiger partial charge in [0.25, 0.3) is 0 Å². The number of carbonyl (C=O) groups excluding carboxylic acids is 1. The minimum atomic E-state index is -0.495. The molecule has 0 saturated carbocycles. The molecule has 0 amide bonds. The third-order valence-corrected chi connectivity index (χ3v) is 3.87. The van der Waals surface area contributed by atoms with Crippen LogP contribution in [0, 0.1) is 0 Å². The molecule has 1 unspecified atom stereocenters. The predicted molar refractivity (Wildman–Crippen MR) is 78.8 cm³/mol. The van der Waals surface area contributed by atoms with Gasteiger partial charge >= 0.3 is 0 Å². The molecule has 3 nitrogen and oxygen atoms in total. The highest BCUT2D eigenvalue weighted by molar-refractivity contribution is 5.83. The van der Waals surface area contributed by atoms with Crippen molar-refractivity contribution >= 4 is 5.78 Å². The number of Topliss-reactive ketones (excluding diaryl/α,β-unsaturated/α-hetero) is 1. The number of benzene rings is 1. The van der Waals surface area contributed by atoms with Crippen molar-refractivity contribution in [3.05, 3.63) is 35.4 Å². The zero-order valence-electron chi connectivity index (χ0n) is 12.6. The first kappa shape index (κ1) is 15.2. The molecule has 2 rings (SSSR count). The lowest BCUT2D eigenvalue weighted by Gasteiger charge is -2.22. The molecule has 20 heavy (non-hydrogen) atoms. The fraction of sp³-hybridized carbons (Fsp3) is 0.588. The van der Waals surface area contributed by atoms with Crippen molar-refractivity contribution in [2.75, 3.05) is 13.2 Å². The van der Waals surface area contributed by atoms with Gasteiger partial charge in [0.2, 0.25) is 0 Å². The third-order valence-electron chi connectivity index (χ3n) is 3.87. The molecule has 0 N–H and O–H groups in total. The number of carbonyl (C=O) groups is 1. The first-order valence-electron chi connectivity index (χ1n) is 7.41. The van der Waals surface area contributed by atoms with Gasteiger partial charge in [-0.2, -0.15) is 0 Å². The van der Waals surface area contributed by atoms with Crippen molar-refractivity contribution in [1.29, 1.82) is 0 Å². The van der Waals surface area contributed by atoms with Crippen molar-refractivity contribution in [3.63, 3.8) is 0 Å². The van der Waals surface area contributed by atoms with E-state index in [1.807, 2.05) is 6.92 Å². The largest absolute Gasteiger partial charge is 0.347 e. The SMILES string of the molecule is CCCC(C(C)=O)c1ccc(CC2(C)OCCO2)cc1. The second-order valence-electron chi connectivity index (χ2n) is 5.70. The summed E-state index contributed by atoms with van der Waals surface area (Å²) in [7, 11) is 0. The summed E-state index contributed by atoms with van der Waals surface area (Å²) in [6, 6.07) is 8.29. The molecule has 3 heteroatoms. The Balaban J connectivity index is 2.07. The molecule has 0 radical (unpaired) electrons. The summed E-state index contributed by atoms with van der Waals surface area (Å²) >= 11 is 0. The highest BCUT2D eigenvalue weighted by atomic mass is 16.7. The van der Waals surface area contributed by atoms with Gasteiger partial charge in [-0.25, -0.2) is 0 Å². The Morgan fingerprint density at radius 2 is 1.85 bits per heavy atom. The Bertz CT molecular complexity index is 444. The smallest absolute Gasteiger partial charge is 0.169 e. The third kappa shape index (κ3) is 3.68. The average Bonchev–Trinajstić information content (AvgIpc) is 2.83. The van der Waals surface area contributed by atoms with Crippen LogP contribution in [0.15, 0.2) is 24.3 Å². The normalized spacial score (nSPS) is 18.9. The number of hydrogen-bond donors (Lipinski definition) is 0. The van der Waals surface area contributed by atoms with E-state index < -0.39 is 5.79 Å². The van der Waals surface area contributed by atoms with Crippen molar-refractivity contribution in [1.82, 2.24) is 0 Å². The van der Waals surface area contributed by atoms with Gasteiger partial charge in [-0.15, -0.1) is 0 Å². The topological polar surface area (TPSA) is 35.5 Å². The summed E-state index contributed by atoms with van der Waals surface area (Å²) in [6.45, 7) is 7.09. The molecule has 1 atom stereocenters. The molecule has 110 valence electrons. The van der Waals surface area contributed by atoms with Crippen LogP contribution in [-0.4, -0.2) is 24.8 Å². The van der Waals surface area contributed by atoms with Crippen molar-refractivity contribution in [2.45, 2.75) is 51.7 Å². The Morgan fingerprint density at radius 3 is 2.35 bits per heavy atom. The molecule has 1 aromatic carbocycles. The van der Waals surface area contributed by atoms with Crippen LogP contribution in [0.4, 0.5) is 0 Å². The van der Waals surface area contributed by atoms with Crippen LogP contribution >= 0.6 is 0 Å². The molecule has 1 aliphatic rings.